The van der Waals surface area contributed by atoms with E-state index >= 15 is 0 Å². The van der Waals surface area contributed by atoms with Crippen molar-refractivity contribution in [3.8, 4) is 0 Å². The zero-order valence-corrected chi connectivity index (χ0v) is 12.1. The van der Waals surface area contributed by atoms with E-state index in [-0.39, 0.29) is 29.0 Å². The summed E-state index contributed by atoms with van der Waals surface area (Å²) < 4.78 is 4.65. The molecule has 0 bridgehead atoms. The zero-order chi connectivity index (χ0) is 15.4. The number of esters is 1. The molecule has 1 unspecified atom stereocenters. The van der Waals surface area contributed by atoms with E-state index in [4.69, 9.17) is 17.1 Å². The van der Waals surface area contributed by atoms with E-state index in [1.165, 1.54) is 13.2 Å². The van der Waals surface area contributed by atoms with Crippen LogP contribution in [0.2, 0.25) is 5.02 Å². The van der Waals surface area contributed by atoms with Gasteiger partial charge in [0.15, 0.2) is 0 Å². The van der Waals surface area contributed by atoms with Crippen LogP contribution in [0.4, 0.5) is 5.69 Å². The molecule has 1 heterocycles. The normalized spacial score (nSPS) is 17.5. The van der Waals surface area contributed by atoms with Crippen LogP contribution in [0.15, 0.2) is 23.3 Å². The molecule has 0 aromatic heterocycles. The van der Waals surface area contributed by atoms with Gasteiger partial charge in [0, 0.05) is 30.1 Å². The minimum Gasteiger partial charge on any atom is -0.465 e. The average Bonchev–Trinajstić information content (AvgIpc) is 2.86. The second kappa shape index (κ2) is 6.47. The molecule has 1 aromatic rings. The number of carbonyl (C=O) groups excluding carboxylic acids is 2. The molecule has 1 atom stereocenters. The Morgan fingerprint density at radius 1 is 1.62 bits per heavy atom. The minimum absolute atomic E-state index is 0.0225. The molecule has 1 saturated heterocycles. The van der Waals surface area contributed by atoms with Crippen molar-refractivity contribution in [2.24, 2.45) is 11.0 Å². The third-order valence-electron chi connectivity index (χ3n) is 3.28. The lowest BCUT2D eigenvalue weighted by molar-refractivity contribution is -0.117. The van der Waals surface area contributed by atoms with Crippen molar-refractivity contribution in [1.82, 2.24) is 0 Å². The number of nitrogens with zero attached hydrogens (tertiary/aromatic N) is 4. The third-order valence-corrected chi connectivity index (χ3v) is 3.60. The number of amides is 1. The summed E-state index contributed by atoms with van der Waals surface area (Å²) in [5.41, 5.74) is 9.11. The molecule has 1 aliphatic heterocycles. The van der Waals surface area contributed by atoms with E-state index < -0.39 is 5.97 Å². The Balaban J connectivity index is 2.24. The summed E-state index contributed by atoms with van der Waals surface area (Å²) in [5, 5.41) is 3.76. The number of methoxy groups -OCH3 is 1. The fraction of sp³-hybridized carbons (Fsp3) is 0.385. The zero-order valence-electron chi connectivity index (χ0n) is 11.3. The number of anilines is 1. The maximum Gasteiger partial charge on any atom is 0.339 e. The predicted octanol–water partition coefficient (Wildman–Crippen LogP) is 2.79. The number of carbonyl (C=O) groups is 2. The minimum atomic E-state index is -0.556. The number of rotatable bonds is 4. The van der Waals surface area contributed by atoms with E-state index in [1.807, 2.05) is 0 Å². The SMILES string of the molecule is COC(=O)c1cc(N2CC(CN=[N+]=[N-])CC2=O)ccc1Cl. The fourth-order valence-electron chi connectivity index (χ4n) is 2.25. The molecule has 1 aromatic carbocycles. The highest BCUT2D eigenvalue weighted by molar-refractivity contribution is 6.33. The lowest BCUT2D eigenvalue weighted by atomic mass is 10.1. The maximum absolute atomic E-state index is 12.0. The summed E-state index contributed by atoms with van der Waals surface area (Å²) in [6.07, 6.45) is 0.315. The third kappa shape index (κ3) is 3.26. The van der Waals surface area contributed by atoms with Gasteiger partial charge in [0.25, 0.3) is 0 Å². The lowest BCUT2D eigenvalue weighted by Gasteiger charge is -2.17. The van der Waals surface area contributed by atoms with Crippen molar-refractivity contribution >= 4 is 29.2 Å². The predicted molar refractivity (Wildman–Crippen MR) is 77.3 cm³/mol. The van der Waals surface area contributed by atoms with Crippen LogP contribution in [-0.2, 0) is 9.53 Å². The van der Waals surface area contributed by atoms with E-state index in [0.29, 0.717) is 18.7 Å². The van der Waals surface area contributed by atoms with Crippen molar-refractivity contribution < 1.29 is 14.3 Å². The van der Waals surface area contributed by atoms with Crippen LogP contribution in [0.3, 0.4) is 0 Å². The molecule has 0 aliphatic carbocycles. The molecule has 110 valence electrons. The molecular formula is C13H13ClN4O3. The van der Waals surface area contributed by atoms with Gasteiger partial charge in [-0.1, -0.05) is 16.7 Å². The van der Waals surface area contributed by atoms with Gasteiger partial charge in [-0.05, 0) is 29.6 Å². The molecule has 8 heteroatoms. The van der Waals surface area contributed by atoms with Gasteiger partial charge in [0.1, 0.15) is 0 Å². The van der Waals surface area contributed by atoms with E-state index in [1.54, 1.807) is 17.0 Å². The van der Waals surface area contributed by atoms with E-state index in [9.17, 15) is 9.59 Å². The molecule has 1 aliphatic rings. The van der Waals surface area contributed by atoms with Crippen LogP contribution in [-0.4, -0.2) is 32.1 Å². The molecule has 2 rings (SSSR count). The van der Waals surface area contributed by atoms with Crippen molar-refractivity contribution in [2.45, 2.75) is 6.42 Å². The van der Waals surface area contributed by atoms with Crippen LogP contribution in [0.25, 0.3) is 10.4 Å². The Hall–Kier alpha value is -2.24. The second-order valence-corrected chi connectivity index (χ2v) is 5.05. The molecule has 1 amide bonds. The standard InChI is InChI=1S/C13H13ClN4O3/c1-21-13(20)10-5-9(2-3-11(10)14)18-7-8(4-12(18)19)6-16-17-15/h2-3,5,8H,4,6-7H2,1H3. The highest BCUT2D eigenvalue weighted by Crippen LogP contribution is 2.29. The smallest absolute Gasteiger partial charge is 0.339 e. The van der Waals surface area contributed by atoms with Crippen molar-refractivity contribution in [3.63, 3.8) is 0 Å². The van der Waals surface area contributed by atoms with Crippen molar-refractivity contribution in [2.75, 3.05) is 25.1 Å². The van der Waals surface area contributed by atoms with Gasteiger partial charge in [0.2, 0.25) is 5.91 Å². The molecule has 0 saturated carbocycles. The van der Waals surface area contributed by atoms with Crippen molar-refractivity contribution in [1.29, 1.82) is 0 Å². The van der Waals surface area contributed by atoms with Gasteiger partial charge < -0.3 is 9.64 Å². The van der Waals surface area contributed by atoms with E-state index in [0.717, 1.165) is 0 Å². The van der Waals surface area contributed by atoms with Crippen LogP contribution in [0.5, 0.6) is 0 Å². The monoisotopic (exact) mass is 308 g/mol. The Morgan fingerprint density at radius 2 is 2.38 bits per heavy atom. The number of azide groups is 1. The Kier molecular flexibility index (Phi) is 4.67. The molecule has 0 N–H and O–H groups in total. The largest absolute Gasteiger partial charge is 0.465 e. The topological polar surface area (TPSA) is 95.4 Å². The number of halogens is 1. The molecule has 21 heavy (non-hydrogen) atoms. The quantitative estimate of drug-likeness (QED) is 0.370. The summed E-state index contributed by atoms with van der Waals surface area (Å²) >= 11 is 5.95. The maximum atomic E-state index is 12.0. The lowest BCUT2D eigenvalue weighted by Crippen LogP contribution is -2.25. The molecule has 0 radical (unpaired) electrons. The van der Waals surface area contributed by atoms with E-state index in [2.05, 4.69) is 14.8 Å². The summed E-state index contributed by atoms with van der Waals surface area (Å²) in [5.74, 6) is -0.656. The summed E-state index contributed by atoms with van der Waals surface area (Å²) in [7, 11) is 1.27. The van der Waals surface area contributed by atoms with Gasteiger partial charge in [-0.2, -0.15) is 0 Å². The van der Waals surface area contributed by atoms with Gasteiger partial charge in [-0.15, -0.1) is 0 Å². The van der Waals surface area contributed by atoms with Gasteiger partial charge in [-0.3, -0.25) is 4.79 Å². The Bertz CT molecular complexity index is 628. The molecule has 0 spiro atoms. The highest BCUT2D eigenvalue weighted by atomic mass is 35.5. The first-order valence-corrected chi connectivity index (χ1v) is 6.63. The number of benzene rings is 1. The van der Waals surface area contributed by atoms with Gasteiger partial charge in [-0.25, -0.2) is 4.79 Å². The Labute approximate surface area is 126 Å². The first-order valence-electron chi connectivity index (χ1n) is 6.26. The number of hydrogen-bond acceptors (Lipinski definition) is 4. The van der Waals surface area contributed by atoms with Gasteiger partial charge >= 0.3 is 5.97 Å². The van der Waals surface area contributed by atoms with Gasteiger partial charge in [0.05, 0.1) is 17.7 Å². The first kappa shape index (κ1) is 15.2. The Morgan fingerprint density at radius 3 is 3.05 bits per heavy atom. The average molecular weight is 309 g/mol. The van der Waals surface area contributed by atoms with Crippen molar-refractivity contribution in [3.05, 3.63) is 39.2 Å². The van der Waals surface area contributed by atoms with Crippen LogP contribution in [0, 0.1) is 5.92 Å². The van der Waals surface area contributed by atoms with Crippen LogP contribution >= 0.6 is 11.6 Å². The first-order chi connectivity index (χ1) is 10.1. The number of ether oxygens (including phenoxy) is 1. The molecular weight excluding hydrogens is 296 g/mol. The summed E-state index contributed by atoms with van der Waals surface area (Å²) in [4.78, 5) is 27.9. The summed E-state index contributed by atoms with van der Waals surface area (Å²) in [6, 6.07) is 4.75. The van der Waals surface area contributed by atoms with Crippen LogP contribution in [0.1, 0.15) is 16.8 Å². The fourth-order valence-corrected chi connectivity index (χ4v) is 2.45. The molecule has 7 nitrogen and oxygen atoms in total. The van der Waals surface area contributed by atoms with Crippen LogP contribution < -0.4 is 4.90 Å². The highest BCUT2D eigenvalue weighted by Gasteiger charge is 2.30. The second-order valence-electron chi connectivity index (χ2n) is 4.64. The number of hydrogen-bond donors (Lipinski definition) is 0. The summed E-state index contributed by atoms with van der Waals surface area (Å²) in [6.45, 7) is 0.719. The molecule has 1 fully saturated rings.